The molecule has 5 aliphatic rings. The molecule has 0 bridgehead atoms. The summed E-state index contributed by atoms with van der Waals surface area (Å²) in [4.78, 5) is 68.1. The second-order valence-corrected chi connectivity index (χ2v) is 16.0. The normalized spacial score (nSPS) is 23.4. The maximum Gasteiger partial charge on any atom is 0.255 e. The van der Waals surface area contributed by atoms with E-state index in [-0.39, 0.29) is 42.1 Å². The number of halogens is 1. The number of ether oxygens (including phenoxy) is 1. The lowest BCUT2D eigenvalue weighted by molar-refractivity contribution is -0.137. The fourth-order valence-corrected chi connectivity index (χ4v) is 8.94. The second-order valence-electron chi connectivity index (χ2n) is 15.6. The maximum atomic E-state index is 13.3. The minimum absolute atomic E-state index is 0.00719. The van der Waals surface area contributed by atoms with Crippen molar-refractivity contribution in [3.8, 4) is 11.8 Å². The van der Waals surface area contributed by atoms with E-state index < -0.39 is 6.04 Å². The van der Waals surface area contributed by atoms with Crippen molar-refractivity contribution in [1.29, 1.82) is 5.26 Å². The molecule has 3 aromatic rings. The number of benzene rings is 2. The lowest BCUT2D eigenvalue weighted by Gasteiger charge is -2.40. The third-order valence-electron chi connectivity index (χ3n) is 12.0. The summed E-state index contributed by atoms with van der Waals surface area (Å²) in [5.74, 6) is 0.551. The molecule has 1 aliphatic carbocycles. The van der Waals surface area contributed by atoms with Crippen LogP contribution in [-0.2, 0) is 20.9 Å². The monoisotopic (exact) mass is 779 g/mol. The molecular formula is C41H46ClN9O5. The van der Waals surface area contributed by atoms with Crippen LogP contribution in [0.25, 0.3) is 0 Å². The van der Waals surface area contributed by atoms with Crippen LogP contribution < -0.4 is 25.2 Å². The number of anilines is 3. The first-order valence-corrected chi connectivity index (χ1v) is 20.1. The zero-order valence-corrected chi connectivity index (χ0v) is 32.0. The first-order chi connectivity index (χ1) is 27.2. The van der Waals surface area contributed by atoms with Gasteiger partial charge in [-0.3, -0.25) is 34.7 Å². The highest BCUT2D eigenvalue weighted by atomic mass is 35.5. The van der Waals surface area contributed by atoms with Crippen molar-refractivity contribution in [2.75, 3.05) is 60.9 Å². The number of aromatic nitrogens is 2. The zero-order chi connectivity index (χ0) is 38.8. The van der Waals surface area contributed by atoms with Crippen molar-refractivity contribution in [1.82, 2.24) is 25.1 Å². The summed E-state index contributed by atoms with van der Waals surface area (Å²) in [6.45, 7) is 6.99. The van der Waals surface area contributed by atoms with E-state index in [2.05, 4.69) is 47.4 Å². The summed E-state index contributed by atoms with van der Waals surface area (Å²) in [5.41, 5.74) is 3.98. The summed E-state index contributed by atoms with van der Waals surface area (Å²) in [6, 6.07) is 12.6. The van der Waals surface area contributed by atoms with Crippen LogP contribution in [0.2, 0.25) is 5.02 Å². The molecule has 15 heteroatoms. The quantitative estimate of drug-likeness (QED) is 0.297. The average Bonchev–Trinajstić information content (AvgIpc) is 3.54. The van der Waals surface area contributed by atoms with Crippen LogP contribution in [-0.4, -0.2) is 101 Å². The molecule has 4 aliphatic heterocycles. The zero-order valence-electron chi connectivity index (χ0n) is 31.3. The lowest BCUT2D eigenvalue weighted by atomic mass is 9.87. The Morgan fingerprint density at radius 1 is 0.893 bits per heavy atom. The van der Waals surface area contributed by atoms with E-state index in [0.29, 0.717) is 59.6 Å². The van der Waals surface area contributed by atoms with E-state index in [1.807, 2.05) is 12.1 Å². The van der Waals surface area contributed by atoms with E-state index in [0.717, 1.165) is 88.4 Å². The van der Waals surface area contributed by atoms with Crippen LogP contribution in [0.5, 0.6) is 5.75 Å². The maximum absolute atomic E-state index is 13.3. The fourth-order valence-electron chi connectivity index (χ4n) is 8.72. The van der Waals surface area contributed by atoms with Crippen molar-refractivity contribution in [3.05, 3.63) is 70.5 Å². The predicted molar refractivity (Wildman–Crippen MR) is 209 cm³/mol. The van der Waals surface area contributed by atoms with Crippen molar-refractivity contribution in [2.45, 2.75) is 70.1 Å². The Morgan fingerprint density at radius 3 is 2.32 bits per heavy atom. The summed E-state index contributed by atoms with van der Waals surface area (Å²) >= 11 is 6.14. The third-order valence-corrected chi connectivity index (χ3v) is 12.3. The number of nitriles is 1. The Kier molecular flexibility index (Phi) is 11.1. The smallest absolute Gasteiger partial charge is 0.255 e. The molecule has 292 valence electrons. The van der Waals surface area contributed by atoms with E-state index in [4.69, 9.17) is 21.6 Å². The van der Waals surface area contributed by atoms with Gasteiger partial charge in [0.1, 0.15) is 17.9 Å². The van der Waals surface area contributed by atoms with Crippen LogP contribution in [0.4, 0.5) is 17.3 Å². The molecule has 0 spiro atoms. The van der Waals surface area contributed by atoms with Gasteiger partial charge in [-0.25, -0.2) is 9.97 Å². The van der Waals surface area contributed by atoms with Gasteiger partial charge in [0.15, 0.2) is 0 Å². The van der Waals surface area contributed by atoms with Crippen molar-refractivity contribution < 1.29 is 23.9 Å². The van der Waals surface area contributed by atoms with Gasteiger partial charge in [-0.15, -0.1) is 0 Å². The molecule has 5 heterocycles. The molecule has 1 aromatic heterocycles. The first kappa shape index (κ1) is 37.7. The van der Waals surface area contributed by atoms with Gasteiger partial charge in [0, 0.05) is 82.0 Å². The number of hydrogen-bond acceptors (Lipinski definition) is 11. The van der Waals surface area contributed by atoms with Crippen LogP contribution in [0.15, 0.2) is 48.8 Å². The molecule has 3 saturated heterocycles. The number of nitrogens with zero attached hydrogens (tertiary/aromatic N) is 7. The standard InChI is InChI=1S/C41H46ClN9O5/c42-35-20-33(8-4-28(35)21-43)56-32-6-2-27(3-7-32)38(53)47-41-44-22-31(23-45-41)49-13-11-26(12-14-49)24-48-15-17-50(18-16-48)30-5-1-29-25-51(40(55)34(29)19-30)36-9-10-37(52)46-39(36)54/h1,4-5,8,19-20,22-23,26-27,32,36H,2-3,6-7,9-18,24-25H2,(H,46,52,54)(H,44,45,47,53)/t27-,32-,36?. The van der Waals surface area contributed by atoms with Gasteiger partial charge in [0.25, 0.3) is 5.91 Å². The lowest BCUT2D eigenvalue weighted by Crippen LogP contribution is -2.52. The van der Waals surface area contributed by atoms with Gasteiger partial charge in [0.2, 0.25) is 23.7 Å². The molecule has 4 fully saturated rings. The van der Waals surface area contributed by atoms with Crippen LogP contribution in [0.3, 0.4) is 0 Å². The molecular weight excluding hydrogens is 734 g/mol. The molecule has 2 N–H and O–H groups in total. The number of fused-ring (bicyclic) bond motifs is 1. The van der Waals surface area contributed by atoms with Crippen molar-refractivity contribution in [3.63, 3.8) is 0 Å². The molecule has 0 radical (unpaired) electrons. The molecule has 56 heavy (non-hydrogen) atoms. The number of carbonyl (C=O) groups is 4. The number of rotatable bonds is 9. The third kappa shape index (κ3) is 8.29. The van der Waals surface area contributed by atoms with Crippen LogP contribution in [0, 0.1) is 23.2 Å². The minimum Gasteiger partial charge on any atom is -0.490 e. The van der Waals surface area contributed by atoms with Crippen molar-refractivity contribution >= 4 is 52.6 Å². The van der Waals surface area contributed by atoms with E-state index in [9.17, 15) is 19.2 Å². The average molecular weight is 780 g/mol. The minimum atomic E-state index is -0.603. The Hall–Kier alpha value is -5.26. The number of imide groups is 1. The summed E-state index contributed by atoms with van der Waals surface area (Å²) in [6.07, 6.45) is 9.27. The van der Waals surface area contributed by atoms with E-state index in [1.54, 1.807) is 35.5 Å². The molecule has 8 rings (SSSR count). The Balaban J connectivity index is 0.743. The van der Waals surface area contributed by atoms with Gasteiger partial charge in [-0.2, -0.15) is 5.26 Å². The highest BCUT2D eigenvalue weighted by molar-refractivity contribution is 6.31. The number of amides is 4. The molecule has 1 unspecified atom stereocenters. The Morgan fingerprint density at radius 2 is 1.62 bits per heavy atom. The van der Waals surface area contributed by atoms with Crippen LogP contribution >= 0.6 is 11.6 Å². The van der Waals surface area contributed by atoms with E-state index in [1.165, 1.54) is 0 Å². The number of piperazine rings is 1. The topological polar surface area (TPSA) is 164 Å². The number of carbonyl (C=O) groups excluding carboxylic acids is 4. The molecule has 1 saturated carbocycles. The number of piperidine rings is 2. The van der Waals surface area contributed by atoms with Gasteiger partial charge >= 0.3 is 0 Å². The molecule has 4 amide bonds. The highest BCUT2D eigenvalue weighted by Crippen LogP contribution is 2.33. The first-order valence-electron chi connectivity index (χ1n) is 19.7. The van der Waals surface area contributed by atoms with Crippen molar-refractivity contribution in [2.24, 2.45) is 11.8 Å². The van der Waals surface area contributed by atoms with Gasteiger partial charge < -0.3 is 19.4 Å². The molecule has 1 atom stereocenters. The Labute approximate surface area is 331 Å². The summed E-state index contributed by atoms with van der Waals surface area (Å²) in [7, 11) is 0. The SMILES string of the molecule is N#Cc1ccc(O[C@H]2CC[C@H](C(=O)Nc3ncc(N4CCC(CN5CCN(c6ccc7c(c6)C(=O)N(C6CCC(=O)NC6=O)C7)CC5)CC4)cn3)CC2)cc1Cl. The highest BCUT2D eigenvalue weighted by Gasteiger charge is 2.39. The fraction of sp³-hybridized carbons (Fsp3) is 0.488. The predicted octanol–water partition coefficient (Wildman–Crippen LogP) is 4.38. The molecule has 14 nitrogen and oxygen atoms in total. The summed E-state index contributed by atoms with van der Waals surface area (Å²) in [5, 5.41) is 14.7. The van der Waals surface area contributed by atoms with Crippen LogP contribution in [0.1, 0.15) is 72.9 Å². The second kappa shape index (κ2) is 16.5. The number of nitrogens with one attached hydrogen (secondary N) is 2. The van der Waals surface area contributed by atoms with Gasteiger partial charge in [-0.1, -0.05) is 17.7 Å². The van der Waals surface area contributed by atoms with Gasteiger partial charge in [0.05, 0.1) is 34.8 Å². The number of hydrogen-bond donors (Lipinski definition) is 2. The molecule has 2 aromatic carbocycles. The van der Waals surface area contributed by atoms with Gasteiger partial charge in [-0.05, 0) is 80.7 Å². The summed E-state index contributed by atoms with van der Waals surface area (Å²) < 4.78 is 6.07. The Bertz CT molecular complexity index is 2020. The van der Waals surface area contributed by atoms with E-state index >= 15 is 0 Å². The largest absolute Gasteiger partial charge is 0.490 e.